The molecule has 0 aliphatic heterocycles. The van der Waals surface area contributed by atoms with Crippen molar-refractivity contribution in [1.82, 2.24) is 0 Å². The zero-order chi connectivity index (χ0) is 11.9. The van der Waals surface area contributed by atoms with Gasteiger partial charge in [0.1, 0.15) is 0 Å². The van der Waals surface area contributed by atoms with Crippen molar-refractivity contribution in [3.05, 3.63) is 72.8 Å². The summed E-state index contributed by atoms with van der Waals surface area (Å²) >= 11 is 0. The molecule has 0 amide bonds. The molecule has 0 fully saturated rings. The van der Waals surface area contributed by atoms with Crippen LogP contribution in [0.1, 0.15) is 0 Å². The Morgan fingerprint density at radius 2 is 1.00 bits per heavy atom. The number of benzene rings is 4. The maximum absolute atomic E-state index is 2.30. The van der Waals surface area contributed by atoms with Gasteiger partial charge in [-0.3, -0.25) is 0 Å². The Hall–Kier alpha value is -2.38. The van der Waals surface area contributed by atoms with Gasteiger partial charge in [-0.1, -0.05) is 60.7 Å². The van der Waals surface area contributed by atoms with E-state index in [1.807, 2.05) is 0 Å². The van der Waals surface area contributed by atoms with Crippen LogP contribution in [0, 0.1) is 0 Å². The van der Waals surface area contributed by atoms with Crippen LogP contribution in [0.2, 0.25) is 0 Å². The fraction of sp³-hybridized carbons (Fsp3) is 0. The fourth-order valence-corrected chi connectivity index (χ4v) is 2.70. The first-order chi connectivity index (χ1) is 8.92. The van der Waals surface area contributed by atoms with E-state index in [-0.39, 0.29) is 5.48 Å². The van der Waals surface area contributed by atoms with E-state index < -0.39 is 0 Å². The second kappa shape index (κ2) is 4.38. The highest BCUT2D eigenvalue weighted by Gasteiger charge is 2.01. The Labute approximate surface area is 111 Å². The van der Waals surface area contributed by atoms with Gasteiger partial charge in [-0.25, -0.2) is 0 Å². The molecule has 1 heteroatoms. The molecule has 0 aliphatic carbocycles. The Morgan fingerprint density at radius 3 is 1.79 bits per heavy atom. The maximum atomic E-state index is 2.30. The molecule has 4 aromatic rings. The molecule has 0 aliphatic rings. The topological polar surface area (TPSA) is 31.5 Å². The van der Waals surface area contributed by atoms with Crippen molar-refractivity contribution in [2.24, 2.45) is 0 Å². The molecule has 0 atom stereocenters. The van der Waals surface area contributed by atoms with Crippen molar-refractivity contribution in [2.75, 3.05) is 0 Å². The highest BCUT2D eigenvalue weighted by Crippen LogP contribution is 2.29. The van der Waals surface area contributed by atoms with E-state index in [1.165, 1.54) is 32.3 Å². The predicted molar refractivity (Wildman–Crippen MR) is 82.6 cm³/mol. The minimum atomic E-state index is 0. The van der Waals surface area contributed by atoms with Crippen molar-refractivity contribution in [3.63, 3.8) is 0 Å². The molecule has 0 saturated carbocycles. The van der Waals surface area contributed by atoms with Crippen LogP contribution in [-0.2, 0) is 0 Å². The minimum Gasteiger partial charge on any atom is -0.412 e. The fourth-order valence-electron chi connectivity index (χ4n) is 2.70. The van der Waals surface area contributed by atoms with E-state index in [4.69, 9.17) is 0 Å². The third-order valence-electron chi connectivity index (χ3n) is 3.61. The first kappa shape index (κ1) is 11.7. The lowest BCUT2D eigenvalue weighted by atomic mass is 9.98. The Bertz CT molecular complexity index is 872. The van der Waals surface area contributed by atoms with Crippen LogP contribution in [0.4, 0.5) is 0 Å². The van der Waals surface area contributed by atoms with Crippen LogP contribution in [-0.4, -0.2) is 5.48 Å². The molecule has 0 aromatic heterocycles. The van der Waals surface area contributed by atoms with E-state index in [0.717, 1.165) is 0 Å². The van der Waals surface area contributed by atoms with Gasteiger partial charge in [-0.2, -0.15) is 0 Å². The molecular weight excluding hydrogens is 232 g/mol. The summed E-state index contributed by atoms with van der Waals surface area (Å²) in [5.41, 5.74) is 0. The lowest BCUT2D eigenvalue weighted by Crippen LogP contribution is -1.79. The molecule has 4 aromatic carbocycles. The molecule has 0 radical (unpaired) electrons. The smallest absolute Gasteiger partial charge is 0.00990 e. The summed E-state index contributed by atoms with van der Waals surface area (Å²) in [4.78, 5) is 0. The highest BCUT2D eigenvalue weighted by atomic mass is 16.0. The monoisotopic (exact) mass is 246 g/mol. The number of hydrogen-bond acceptors (Lipinski definition) is 0. The standard InChI is InChI=1S/C18H12.H2O/c1-2-7-15-12-18-16(11-14(15)6-1)10-9-13-5-3-4-8-17(13)18;/h1-12H;1H2. The summed E-state index contributed by atoms with van der Waals surface area (Å²) in [5.74, 6) is 0. The Morgan fingerprint density at radius 1 is 0.421 bits per heavy atom. The first-order valence-electron chi connectivity index (χ1n) is 6.22. The Kier molecular flexibility index (Phi) is 2.69. The van der Waals surface area contributed by atoms with Gasteiger partial charge in [0.05, 0.1) is 0 Å². The van der Waals surface area contributed by atoms with Gasteiger partial charge in [0, 0.05) is 0 Å². The van der Waals surface area contributed by atoms with E-state index in [9.17, 15) is 0 Å². The van der Waals surface area contributed by atoms with Gasteiger partial charge in [0.2, 0.25) is 0 Å². The van der Waals surface area contributed by atoms with Gasteiger partial charge in [-0.05, 0) is 44.5 Å². The zero-order valence-corrected chi connectivity index (χ0v) is 10.4. The average molecular weight is 246 g/mol. The number of hydrogen-bond donors (Lipinski definition) is 0. The second-order valence-corrected chi connectivity index (χ2v) is 4.71. The van der Waals surface area contributed by atoms with Crippen LogP contribution in [0.5, 0.6) is 0 Å². The molecule has 1 nitrogen and oxygen atoms in total. The van der Waals surface area contributed by atoms with E-state index in [1.54, 1.807) is 0 Å². The van der Waals surface area contributed by atoms with Crippen molar-refractivity contribution in [2.45, 2.75) is 0 Å². The maximum Gasteiger partial charge on any atom is -0.00990 e. The summed E-state index contributed by atoms with van der Waals surface area (Å²) in [6.45, 7) is 0. The van der Waals surface area contributed by atoms with Gasteiger partial charge in [-0.15, -0.1) is 0 Å². The molecular formula is C18H14O. The summed E-state index contributed by atoms with van der Waals surface area (Å²) in [6, 6.07) is 26.1. The summed E-state index contributed by atoms with van der Waals surface area (Å²) < 4.78 is 0. The summed E-state index contributed by atoms with van der Waals surface area (Å²) in [7, 11) is 0. The molecule has 0 bridgehead atoms. The highest BCUT2D eigenvalue weighted by molar-refractivity contribution is 6.11. The average Bonchev–Trinajstić information content (AvgIpc) is 2.45. The molecule has 0 heterocycles. The molecule has 19 heavy (non-hydrogen) atoms. The second-order valence-electron chi connectivity index (χ2n) is 4.71. The lowest BCUT2D eigenvalue weighted by Gasteiger charge is -2.06. The predicted octanol–water partition coefficient (Wildman–Crippen LogP) is 4.32. The minimum absolute atomic E-state index is 0. The van der Waals surface area contributed by atoms with Crippen molar-refractivity contribution < 1.29 is 5.48 Å². The van der Waals surface area contributed by atoms with Crippen molar-refractivity contribution in [1.29, 1.82) is 0 Å². The summed E-state index contributed by atoms with van der Waals surface area (Å²) in [6.07, 6.45) is 0. The third-order valence-corrected chi connectivity index (χ3v) is 3.61. The van der Waals surface area contributed by atoms with Crippen molar-refractivity contribution >= 4 is 32.3 Å². The zero-order valence-electron chi connectivity index (χ0n) is 10.4. The lowest BCUT2D eigenvalue weighted by molar-refractivity contribution is 0.824. The Balaban J connectivity index is 0.00000110. The van der Waals surface area contributed by atoms with E-state index >= 15 is 0 Å². The quantitative estimate of drug-likeness (QED) is 0.327. The third kappa shape index (κ3) is 1.76. The molecule has 4 rings (SSSR count). The van der Waals surface area contributed by atoms with Crippen LogP contribution in [0.15, 0.2) is 72.8 Å². The van der Waals surface area contributed by atoms with E-state index in [2.05, 4.69) is 72.8 Å². The van der Waals surface area contributed by atoms with Gasteiger partial charge in [0.25, 0.3) is 0 Å². The molecule has 0 saturated heterocycles. The van der Waals surface area contributed by atoms with Gasteiger partial charge < -0.3 is 5.48 Å². The molecule has 2 N–H and O–H groups in total. The SMILES string of the molecule is O.c1ccc2cc3c(ccc4ccccc43)cc2c1. The number of fused-ring (bicyclic) bond motifs is 4. The van der Waals surface area contributed by atoms with Gasteiger partial charge >= 0.3 is 0 Å². The molecule has 92 valence electrons. The largest absolute Gasteiger partial charge is 0.412 e. The first-order valence-corrected chi connectivity index (χ1v) is 6.22. The van der Waals surface area contributed by atoms with Gasteiger partial charge in [0.15, 0.2) is 0 Å². The van der Waals surface area contributed by atoms with Crippen LogP contribution >= 0.6 is 0 Å². The van der Waals surface area contributed by atoms with E-state index in [0.29, 0.717) is 0 Å². The van der Waals surface area contributed by atoms with Crippen LogP contribution in [0.25, 0.3) is 32.3 Å². The summed E-state index contributed by atoms with van der Waals surface area (Å²) in [5, 5.41) is 7.90. The molecule has 0 unspecified atom stereocenters. The van der Waals surface area contributed by atoms with Crippen molar-refractivity contribution in [3.8, 4) is 0 Å². The van der Waals surface area contributed by atoms with Crippen LogP contribution in [0.3, 0.4) is 0 Å². The normalized spacial score (nSPS) is 10.7. The molecule has 0 spiro atoms. The van der Waals surface area contributed by atoms with Crippen LogP contribution < -0.4 is 0 Å². The number of rotatable bonds is 0.